The molecule has 0 radical (unpaired) electrons. The highest BCUT2D eigenvalue weighted by Crippen LogP contribution is 2.49. The Balaban J connectivity index is 1.70. The van der Waals surface area contributed by atoms with Crippen LogP contribution >= 0.6 is 0 Å². The molecule has 0 saturated heterocycles. The van der Waals surface area contributed by atoms with E-state index < -0.39 is 0 Å². The van der Waals surface area contributed by atoms with Crippen molar-refractivity contribution in [2.45, 2.75) is 39.2 Å². The van der Waals surface area contributed by atoms with Crippen LogP contribution in [-0.2, 0) is 6.54 Å². The van der Waals surface area contributed by atoms with E-state index in [1.54, 1.807) is 0 Å². The molecule has 19 heavy (non-hydrogen) atoms. The Morgan fingerprint density at radius 3 is 2.89 bits per heavy atom. The van der Waals surface area contributed by atoms with Gasteiger partial charge in [0.15, 0.2) is 5.65 Å². The standard InChI is InChI=1S/C15H20N4/c1-9-2-5-13-14(17-9)19(15(16)18-13)8-12-7-10-3-4-11(12)6-10/h2,5,10-12H,3-4,6-8H2,1H3,(H2,16,18). The summed E-state index contributed by atoms with van der Waals surface area (Å²) in [5.74, 6) is 3.28. The van der Waals surface area contributed by atoms with Gasteiger partial charge in [0.2, 0.25) is 5.95 Å². The average molecular weight is 256 g/mol. The lowest BCUT2D eigenvalue weighted by atomic mass is 9.89. The van der Waals surface area contributed by atoms with Crippen LogP contribution in [0, 0.1) is 24.7 Å². The molecule has 2 bridgehead atoms. The molecular weight excluding hydrogens is 236 g/mol. The summed E-state index contributed by atoms with van der Waals surface area (Å²) < 4.78 is 2.13. The van der Waals surface area contributed by atoms with E-state index in [4.69, 9.17) is 5.73 Å². The highest BCUT2D eigenvalue weighted by molar-refractivity contribution is 5.74. The van der Waals surface area contributed by atoms with Crippen LogP contribution in [0.25, 0.3) is 11.2 Å². The van der Waals surface area contributed by atoms with Gasteiger partial charge < -0.3 is 5.73 Å². The van der Waals surface area contributed by atoms with Crippen molar-refractivity contribution >= 4 is 17.1 Å². The van der Waals surface area contributed by atoms with Crippen molar-refractivity contribution in [1.82, 2.24) is 14.5 Å². The summed E-state index contributed by atoms with van der Waals surface area (Å²) in [6, 6.07) is 4.02. The van der Waals surface area contributed by atoms with Gasteiger partial charge in [-0.15, -0.1) is 0 Å². The number of imidazole rings is 1. The van der Waals surface area contributed by atoms with Gasteiger partial charge in [-0.25, -0.2) is 9.97 Å². The molecule has 2 saturated carbocycles. The summed E-state index contributed by atoms with van der Waals surface area (Å²) >= 11 is 0. The fourth-order valence-corrected chi connectivity index (χ4v) is 4.13. The lowest BCUT2D eigenvalue weighted by Gasteiger charge is -2.22. The molecule has 2 fully saturated rings. The molecule has 2 aliphatic carbocycles. The first-order valence-corrected chi connectivity index (χ1v) is 7.30. The molecule has 0 aromatic carbocycles. The third-order valence-corrected chi connectivity index (χ3v) is 5.06. The van der Waals surface area contributed by atoms with Crippen LogP contribution in [0.3, 0.4) is 0 Å². The van der Waals surface area contributed by atoms with E-state index in [2.05, 4.69) is 14.5 Å². The smallest absolute Gasteiger partial charge is 0.202 e. The number of hydrogen-bond donors (Lipinski definition) is 1. The number of fused-ring (bicyclic) bond motifs is 3. The van der Waals surface area contributed by atoms with Gasteiger partial charge in [0.05, 0.1) is 0 Å². The number of pyridine rings is 1. The molecule has 100 valence electrons. The second-order valence-corrected chi connectivity index (χ2v) is 6.31. The fraction of sp³-hybridized carbons (Fsp3) is 0.600. The zero-order valence-corrected chi connectivity index (χ0v) is 11.3. The normalized spacial score (nSPS) is 29.4. The maximum Gasteiger partial charge on any atom is 0.202 e. The lowest BCUT2D eigenvalue weighted by Crippen LogP contribution is -2.18. The van der Waals surface area contributed by atoms with Crippen LogP contribution in [0.4, 0.5) is 5.95 Å². The summed E-state index contributed by atoms with van der Waals surface area (Å²) in [4.78, 5) is 9.06. The van der Waals surface area contributed by atoms with Crippen molar-refractivity contribution in [2.24, 2.45) is 17.8 Å². The third-order valence-electron chi connectivity index (χ3n) is 5.06. The van der Waals surface area contributed by atoms with Gasteiger partial charge in [0.25, 0.3) is 0 Å². The van der Waals surface area contributed by atoms with Gasteiger partial charge in [-0.2, -0.15) is 0 Å². The molecule has 4 rings (SSSR count). The first-order chi connectivity index (χ1) is 9.20. The zero-order valence-electron chi connectivity index (χ0n) is 11.3. The van der Waals surface area contributed by atoms with Gasteiger partial charge in [-0.05, 0) is 56.1 Å². The Morgan fingerprint density at radius 2 is 2.16 bits per heavy atom. The molecule has 3 atom stereocenters. The van der Waals surface area contributed by atoms with Gasteiger partial charge in [0.1, 0.15) is 5.52 Å². The molecule has 3 unspecified atom stereocenters. The Bertz CT molecular complexity index is 630. The SMILES string of the molecule is Cc1ccc2nc(N)n(CC3CC4CCC3C4)c2n1. The van der Waals surface area contributed by atoms with Crippen molar-refractivity contribution in [3.63, 3.8) is 0 Å². The van der Waals surface area contributed by atoms with Crippen LogP contribution < -0.4 is 5.73 Å². The highest BCUT2D eigenvalue weighted by Gasteiger charge is 2.39. The van der Waals surface area contributed by atoms with Crippen LogP contribution in [-0.4, -0.2) is 14.5 Å². The predicted octanol–water partition coefficient (Wildman–Crippen LogP) is 2.76. The third kappa shape index (κ3) is 1.73. The Hall–Kier alpha value is -1.58. The minimum absolute atomic E-state index is 0.621. The zero-order chi connectivity index (χ0) is 13.0. The molecule has 4 nitrogen and oxygen atoms in total. The Labute approximate surface area is 113 Å². The number of hydrogen-bond acceptors (Lipinski definition) is 3. The molecule has 2 heterocycles. The number of anilines is 1. The maximum absolute atomic E-state index is 6.09. The summed E-state index contributed by atoms with van der Waals surface area (Å²) in [7, 11) is 0. The summed E-state index contributed by atoms with van der Waals surface area (Å²) in [6.07, 6.45) is 5.66. The monoisotopic (exact) mass is 256 g/mol. The Morgan fingerprint density at radius 1 is 1.26 bits per heavy atom. The van der Waals surface area contributed by atoms with Crippen LogP contribution in [0.5, 0.6) is 0 Å². The van der Waals surface area contributed by atoms with Crippen molar-refractivity contribution in [2.75, 3.05) is 5.73 Å². The second-order valence-electron chi connectivity index (χ2n) is 6.31. The van der Waals surface area contributed by atoms with E-state index in [0.717, 1.165) is 41.2 Å². The fourth-order valence-electron chi connectivity index (χ4n) is 4.13. The van der Waals surface area contributed by atoms with E-state index in [1.165, 1.54) is 25.7 Å². The van der Waals surface area contributed by atoms with Crippen molar-refractivity contribution in [3.05, 3.63) is 17.8 Å². The van der Waals surface area contributed by atoms with Gasteiger partial charge >= 0.3 is 0 Å². The molecule has 2 aromatic rings. The number of aryl methyl sites for hydroxylation is 1. The van der Waals surface area contributed by atoms with Crippen LogP contribution in [0.2, 0.25) is 0 Å². The molecule has 0 spiro atoms. The minimum Gasteiger partial charge on any atom is -0.369 e. The first kappa shape index (κ1) is 11.3. The van der Waals surface area contributed by atoms with E-state index in [0.29, 0.717) is 5.95 Å². The number of nitrogens with two attached hydrogens (primary N) is 1. The summed E-state index contributed by atoms with van der Waals surface area (Å²) in [5, 5.41) is 0. The highest BCUT2D eigenvalue weighted by atomic mass is 15.2. The average Bonchev–Trinajstić information content (AvgIpc) is 3.06. The van der Waals surface area contributed by atoms with Crippen molar-refractivity contribution in [1.29, 1.82) is 0 Å². The molecule has 2 N–H and O–H groups in total. The maximum atomic E-state index is 6.09. The van der Waals surface area contributed by atoms with Crippen molar-refractivity contribution < 1.29 is 0 Å². The van der Waals surface area contributed by atoms with Crippen LogP contribution in [0.1, 0.15) is 31.4 Å². The van der Waals surface area contributed by atoms with Gasteiger partial charge in [-0.1, -0.05) is 6.42 Å². The Kier molecular flexibility index (Phi) is 2.34. The summed E-state index contributed by atoms with van der Waals surface area (Å²) in [5.41, 5.74) is 9.00. The minimum atomic E-state index is 0.621. The number of aromatic nitrogens is 3. The van der Waals surface area contributed by atoms with E-state index >= 15 is 0 Å². The molecule has 2 aliphatic rings. The number of nitrogen functional groups attached to an aromatic ring is 1. The summed E-state index contributed by atoms with van der Waals surface area (Å²) in [6.45, 7) is 3.02. The van der Waals surface area contributed by atoms with Gasteiger partial charge in [-0.3, -0.25) is 4.57 Å². The van der Waals surface area contributed by atoms with E-state index in [9.17, 15) is 0 Å². The quantitative estimate of drug-likeness (QED) is 0.898. The molecule has 2 aromatic heterocycles. The number of nitrogens with zero attached hydrogens (tertiary/aromatic N) is 3. The largest absolute Gasteiger partial charge is 0.369 e. The first-order valence-electron chi connectivity index (χ1n) is 7.30. The van der Waals surface area contributed by atoms with Gasteiger partial charge in [0, 0.05) is 12.2 Å². The lowest BCUT2D eigenvalue weighted by molar-refractivity contribution is 0.299. The van der Waals surface area contributed by atoms with Crippen LogP contribution in [0.15, 0.2) is 12.1 Å². The predicted molar refractivity (Wildman–Crippen MR) is 75.6 cm³/mol. The van der Waals surface area contributed by atoms with E-state index in [-0.39, 0.29) is 0 Å². The van der Waals surface area contributed by atoms with Crippen molar-refractivity contribution in [3.8, 4) is 0 Å². The number of rotatable bonds is 2. The van der Waals surface area contributed by atoms with E-state index in [1.807, 2.05) is 19.1 Å². The molecular formula is C15H20N4. The second kappa shape index (κ2) is 3.95. The molecule has 0 aliphatic heterocycles. The molecule has 4 heteroatoms. The topological polar surface area (TPSA) is 56.7 Å². The molecule has 0 amide bonds.